The Hall–Kier alpha value is -0.730. The molecular weight excluding hydrogens is 372 g/mol. The van der Waals surface area contributed by atoms with E-state index in [1.54, 1.807) is 13.1 Å². The number of nitrogens with zero attached hydrogens (tertiary/aromatic N) is 1. The fourth-order valence-electron chi connectivity index (χ4n) is 1.93. The van der Waals surface area contributed by atoms with E-state index in [9.17, 15) is 8.42 Å². The molecule has 4 nitrogen and oxygen atoms in total. The third kappa shape index (κ3) is 3.92. The van der Waals surface area contributed by atoms with Crippen LogP contribution in [0, 0.1) is 0 Å². The Kier molecular flexibility index (Phi) is 5.56. The summed E-state index contributed by atoms with van der Waals surface area (Å²) in [6, 6.07) is 11.3. The van der Waals surface area contributed by atoms with Gasteiger partial charge in [0.05, 0.1) is 3.79 Å². The predicted octanol–water partition coefficient (Wildman–Crippen LogP) is 3.05. The van der Waals surface area contributed by atoms with Crippen LogP contribution in [0.4, 0.5) is 0 Å². The lowest BCUT2D eigenvalue weighted by Gasteiger charge is -2.16. The van der Waals surface area contributed by atoms with E-state index >= 15 is 0 Å². The standard InChI is InChI=1S/C14H17BrN2O2S2/c1-16-9-12-8-13(14(15)20-12)21(18,19)17(2)10-11-6-4-3-5-7-11/h3-8,16H,9-10H2,1-2H3. The maximum atomic E-state index is 12.7. The second-order valence-electron chi connectivity index (χ2n) is 4.63. The van der Waals surface area contributed by atoms with Crippen LogP contribution in [0.3, 0.4) is 0 Å². The molecule has 1 N–H and O–H groups in total. The normalized spacial score (nSPS) is 12.0. The Labute approximate surface area is 138 Å². The van der Waals surface area contributed by atoms with Crippen molar-refractivity contribution in [3.05, 3.63) is 50.6 Å². The minimum absolute atomic E-state index is 0.330. The van der Waals surface area contributed by atoms with Crippen LogP contribution in [0.1, 0.15) is 10.4 Å². The minimum atomic E-state index is -3.50. The van der Waals surface area contributed by atoms with Gasteiger partial charge in [0.1, 0.15) is 4.90 Å². The second-order valence-corrected chi connectivity index (χ2v) is 9.10. The Morgan fingerprint density at radius 2 is 1.95 bits per heavy atom. The van der Waals surface area contributed by atoms with Crippen LogP contribution in [0.2, 0.25) is 0 Å². The monoisotopic (exact) mass is 388 g/mol. The van der Waals surface area contributed by atoms with Crippen molar-refractivity contribution in [2.75, 3.05) is 14.1 Å². The Morgan fingerprint density at radius 1 is 1.29 bits per heavy atom. The number of sulfonamides is 1. The Morgan fingerprint density at radius 3 is 2.57 bits per heavy atom. The van der Waals surface area contributed by atoms with Crippen LogP contribution in [0.15, 0.2) is 45.1 Å². The topological polar surface area (TPSA) is 49.4 Å². The number of rotatable bonds is 6. The molecule has 0 aliphatic carbocycles. The van der Waals surface area contributed by atoms with Gasteiger partial charge in [0.15, 0.2) is 0 Å². The summed E-state index contributed by atoms with van der Waals surface area (Å²) in [4.78, 5) is 1.31. The molecule has 0 radical (unpaired) electrons. The average Bonchev–Trinajstić information content (AvgIpc) is 2.82. The molecule has 0 aliphatic heterocycles. The quantitative estimate of drug-likeness (QED) is 0.826. The summed E-state index contributed by atoms with van der Waals surface area (Å²) in [6.07, 6.45) is 0. The molecule has 0 saturated carbocycles. The summed E-state index contributed by atoms with van der Waals surface area (Å²) in [5, 5.41) is 3.03. The van der Waals surface area contributed by atoms with Crippen LogP contribution >= 0.6 is 27.3 Å². The van der Waals surface area contributed by atoms with E-state index in [0.717, 1.165) is 10.4 Å². The van der Waals surface area contributed by atoms with Gasteiger partial charge in [-0.2, -0.15) is 4.31 Å². The zero-order valence-electron chi connectivity index (χ0n) is 11.8. The first kappa shape index (κ1) is 16.6. The van der Waals surface area contributed by atoms with Gasteiger partial charge in [0.25, 0.3) is 0 Å². The number of hydrogen-bond acceptors (Lipinski definition) is 4. The highest BCUT2D eigenvalue weighted by molar-refractivity contribution is 9.11. The van der Waals surface area contributed by atoms with Crippen LogP contribution < -0.4 is 5.32 Å². The predicted molar refractivity (Wildman–Crippen MR) is 89.9 cm³/mol. The molecule has 2 aromatic rings. The number of thiophene rings is 1. The van der Waals surface area contributed by atoms with Gasteiger partial charge < -0.3 is 5.32 Å². The molecule has 0 spiro atoms. The number of halogens is 1. The van der Waals surface area contributed by atoms with Gasteiger partial charge in [-0.25, -0.2) is 8.42 Å². The highest BCUT2D eigenvalue weighted by Crippen LogP contribution is 2.33. The Balaban J connectivity index is 2.24. The van der Waals surface area contributed by atoms with E-state index in [0.29, 0.717) is 21.8 Å². The van der Waals surface area contributed by atoms with Crippen LogP contribution in [0.5, 0.6) is 0 Å². The maximum Gasteiger partial charge on any atom is 0.245 e. The summed E-state index contributed by atoms with van der Waals surface area (Å²) < 4.78 is 27.3. The van der Waals surface area contributed by atoms with Crippen molar-refractivity contribution < 1.29 is 8.42 Å². The molecule has 2 rings (SSSR count). The van der Waals surface area contributed by atoms with Crippen molar-refractivity contribution in [2.24, 2.45) is 0 Å². The van der Waals surface area contributed by atoms with Gasteiger partial charge in [-0.15, -0.1) is 11.3 Å². The van der Waals surface area contributed by atoms with Gasteiger partial charge in [0.2, 0.25) is 10.0 Å². The molecule has 0 unspecified atom stereocenters. The van der Waals surface area contributed by atoms with Gasteiger partial charge >= 0.3 is 0 Å². The van der Waals surface area contributed by atoms with E-state index in [4.69, 9.17) is 0 Å². The first-order chi connectivity index (χ1) is 9.95. The van der Waals surface area contributed by atoms with Gasteiger partial charge in [0, 0.05) is 25.0 Å². The van der Waals surface area contributed by atoms with Crippen molar-refractivity contribution in [3.8, 4) is 0 Å². The third-order valence-electron chi connectivity index (χ3n) is 2.99. The molecule has 7 heteroatoms. The molecule has 0 saturated heterocycles. The van der Waals surface area contributed by atoms with Crippen LogP contribution in [-0.4, -0.2) is 26.8 Å². The summed E-state index contributed by atoms with van der Waals surface area (Å²) in [7, 11) is -0.0582. The first-order valence-corrected chi connectivity index (χ1v) is 9.43. The highest BCUT2D eigenvalue weighted by atomic mass is 79.9. The van der Waals surface area contributed by atoms with Crippen molar-refractivity contribution in [1.29, 1.82) is 0 Å². The Bertz CT molecular complexity index is 699. The maximum absolute atomic E-state index is 12.7. The van der Waals surface area contributed by atoms with E-state index in [1.165, 1.54) is 15.6 Å². The van der Waals surface area contributed by atoms with Gasteiger partial charge in [-0.05, 0) is 34.6 Å². The fraction of sp³-hybridized carbons (Fsp3) is 0.286. The number of nitrogens with one attached hydrogen (secondary N) is 1. The molecule has 0 aliphatic rings. The minimum Gasteiger partial charge on any atom is -0.315 e. The zero-order valence-corrected chi connectivity index (χ0v) is 15.1. The third-order valence-corrected chi connectivity index (χ3v) is 7.05. The molecule has 21 heavy (non-hydrogen) atoms. The van der Waals surface area contributed by atoms with Crippen molar-refractivity contribution in [2.45, 2.75) is 18.0 Å². The van der Waals surface area contributed by atoms with Gasteiger partial charge in [-0.1, -0.05) is 30.3 Å². The summed E-state index contributed by atoms with van der Waals surface area (Å²) in [5.41, 5.74) is 0.963. The smallest absolute Gasteiger partial charge is 0.245 e. The number of hydrogen-bond donors (Lipinski definition) is 1. The lowest BCUT2D eigenvalue weighted by atomic mass is 10.2. The van der Waals surface area contributed by atoms with Crippen molar-refractivity contribution in [3.63, 3.8) is 0 Å². The first-order valence-electron chi connectivity index (χ1n) is 6.38. The second kappa shape index (κ2) is 7.02. The van der Waals surface area contributed by atoms with Gasteiger partial charge in [-0.3, -0.25) is 0 Å². The lowest BCUT2D eigenvalue weighted by Crippen LogP contribution is -2.26. The number of benzene rings is 1. The van der Waals surface area contributed by atoms with E-state index < -0.39 is 10.0 Å². The summed E-state index contributed by atoms with van der Waals surface area (Å²) >= 11 is 4.80. The van der Waals surface area contributed by atoms with Crippen LogP contribution in [-0.2, 0) is 23.1 Å². The fourth-order valence-corrected chi connectivity index (χ4v) is 5.73. The molecule has 1 aromatic heterocycles. The zero-order chi connectivity index (χ0) is 15.5. The lowest BCUT2D eigenvalue weighted by molar-refractivity contribution is 0.466. The van der Waals surface area contributed by atoms with Crippen molar-refractivity contribution >= 4 is 37.3 Å². The largest absolute Gasteiger partial charge is 0.315 e. The van der Waals surface area contributed by atoms with E-state index in [-0.39, 0.29) is 0 Å². The molecular formula is C14H17BrN2O2S2. The summed E-state index contributed by atoms with van der Waals surface area (Å²) in [6.45, 7) is 1.01. The molecule has 0 atom stereocenters. The molecule has 1 heterocycles. The highest BCUT2D eigenvalue weighted by Gasteiger charge is 2.25. The molecule has 1 aromatic carbocycles. The average molecular weight is 389 g/mol. The van der Waals surface area contributed by atoms with Crippen LogP contribution in [0.25, 0.3) is 0 Å². The summed E-state index contributed by atoms with van der Waals surface area (Å²) in [5.74, 6) is 0. The molecule has 0 fully saturated rings. The van der Waals surface area contributed by atoms with Crippen molar-refractivity contribution in [1.82, 2.24) is 9.62 Å². The molecule has 0 amide bonds. The molecule has 0 bridgehead atoms. The van der Waals surface area contributed by atoms with E-state index in [2.05, 4.69) is 21.2 Å². The van der Waals surface area contributed by atoms with E-state index in [1.807, 2.05) is 37.4 Å². The SMILES string of the molecule is CNCc1cc(S(=O)(=O)N(C)Cc2ccccc2)c(Br)s1. The molecule has 114 valence electrons.